The number of hydrogen-bond acceptors (Lipinski definition) is 4. The van der Waals surface area contributed by atoms with Crippen molar-refractivity contribution >= 4 is 33.8 Å². The fourth-order valence-corrected chi connectivity index (χ4v) is 20.6. The Morgan fingerprint density at radius 3 is 1.29 bits per heavy atom. The highest BCUT2D eigenvalue weighted by molar-refractivity contribution is 6.89. The highest BCUT2D eigenvalue weighted by atomic mass is 28.5. The van der Waals surface area contributed by atoms with Crippen LogP contribution in [0.4, 0.5) is 0 Å². The predicted octanol–water partition coefficient (Wildman–Crippen LogP) is 8.72. The van der Waals surface area contributed by atoms with Crippen LogP contribution in [-0.2, 0) is 17.1 Å². The predicted molar refractivity (Wildman–Crippen MR) is 145 cm³/mol. The Labute approximate surface area is 186 Å². The summed E-state index contributed by atoms with van der Waals surface area (Å²) < 4.78 is 25.0. The molecule has 0 saturated carbocycles. The first kappa shape index (κ1) is 46.8. The van der Waals surface area contributed by atoms with Crippen LogP contribution in [0.2, 0.25) is 65.0 Å². The first-order valence-electron chi connectivity index (χ1n) is 8.36. The number of ether oxygens (including phenoxy) is 1. The third-order valence-corrected chi connectivity index (χ3v) is 16.2. The molecule has 8 heteroatoms. The molecule has 0 bridgehead atoms. The van der Waals surface area contributed by atoms with E-state index in [1.54, 1.807) is 0 Å². The van der Waals surface area contributed by atoms with Gasteiger partial charge < -0.3 is 17.1 Å². The molecule has 0 aliphatic rings. The second kappa shape index (κ2) is 18.5. The van der Waals surface area contributed by atoms with E-state index >= 15 is 0 Å². The van der Waals surface area contributed by atoms with Gasteiger partial charge in [-0.15, -0.1) is 0 Å². The molecule has 182 valence electrons. The molecule has 4 nitrogen and oxygen atoms in total. The van der Waals surface area contributed by atoms with Crippen LogP contribution in [0.15, 0.2) is 0 Å². The maximum absolute atomic E-state index is 6.60. The molecule has 1 unspecified atom stereocenters. The molecular weight excluding hydrogens is 417 g/mol. The lowest BCUT2D eigenvalue weighted by atomic mass is 10.5. The molecular formula is C20H62O4Si4. The molecule has 0 N–H and O–H groups in total. The van der Waals surface area contributed by atoms with Gasteiger partial charge in [0.25, 0.3) is 0 Å². The summed E-state index contributed by atoms with van der Waals surface area (Å²) in [5.41, 5.74) is 0. The van der Waals surface area contributed by atoms with Crippen LogP contribution < -0.4 is 0 Å². The third kappa shape index (κ3) is 26.7. The lowest BCUT2D eigenvalue weighted by Crippen LogP contribution is -2.56. The number of hydrogen-bond donors (Lipinski definition) is 0. The maximum Gasteiger partial charge on any atom is 0.315 e. The van der Waals surface area contributed by atoms with Gasteiger partial charge in [-0.25, -0.2) is 0 Å². The lowest BCUT2D eigenvalue weighted by molar-refractivity contribution is 0.146. The first-order valence-corrected chi connectivity index (χ1v) is 20.5. The van der Waals surface area contributed by atoms with Crippen molar-refractivity contribution in [3.63, 3.8) is 0 Å². The van der Waals surface area contributed by atoms with E-state index in [-0.39, 0.29) is 44.6 Å². The van der Waals surface area contributed by atoms with Crippen LogP contribution in [0, 0.1) is 0 Å². The van der Waals surface area contributed by atoms with E-state index in [0.29, 0.717) is 0 Å². The molecule has 0 aromatic carbocycles. The molecule has 0 radical (unpaired) electrons. The molecule has 28 heavy (non-hydrogen) atoms. The topological polar surface area (TPSA) is 36.9 Å². The molecule has 0 amide bonds. The van der Waals surface area contributed by atoms with Crippen molar-refractivity contribution in [1.29, 1.82) is 0 Å². The van der Waals surface area contributed by atoms with Crippen LogP contribution in [0.25, 0.3) is 0 Å². The van der Waals surface area contributed by atoms with Crippen molar-refractivity contribution in [3.05, 3.63) is 0 Å². The average Bonchev–Trinajstić information content (AvgIpc) is 2.16. The highest BCUT2D eigenvalue weighted by Gasteiger charge is 2.44. The minimum Gasteiger partial charge on any atom is -0.437 e. The van der Waals surface area contributed by atoms with Crippen LogP contribution in [0.1, 0.15) is 57.9 Å². The van der Waals surface area contributed by atoms with E-state index in [1.165, 1.54) is 0 Å². The van der Waals surface area contributed by atoms with Crippen molar-refractivity contribution in [1.82, 2.24) is 0 Å². The second-order valence-electron chi connectivity index (χ2n) is 8.37. The van der Waals surface area contributed by atoms with Gasteiger partial charge in [-0.3, -0.25) is 0 Å². The van der Waals surface area contributed by atoms with Gasteiger partial charge in [-0.05, 0) is 78.3 Å². The fraction of sp³-hybridized carbons (Fsp3) is 1.00. The van der Waals surface area contributed by atoms with Crippen molar-refractivity contribution in [3.8, 4) is 0 Å². The van der Waals surface area contributed by atoms with Crippen LogP contribution in [0.5, 0.6) is 0 Å². The Kier molecular flexibility index (Phi) is 30.9. The Balaban J connectivity index is -0.000000147. The van der Waals surface area contributed by atoms with Gasteiger partial charge in [0, 0.05) is 13.2 Å². The SMILES string of the molecule is C.C.C.C.C.C.CCOCCC[Si](C)(O[Si](C)(C)C)O[Si](C)(C)O[Si](C)(C)C. The minimum absolute atomic E-state index is 0. The highest BCUT2D eigenvalue weighted by Crippen LogP contribution is 2.27. The first-order chi connectivity index (χ1) is 9.68. The Morgan fingerprint density at radius 2 is 0.964 bits per heavy atom. The second-order valence-corrected chi connectivity index (χ2v) is 24.8. The smallest absolute Gasteiger partial charge is 0.315 e. The minimum atomic E-state index is -2.23. The average molecular weight is 479 g/mol. The molecule has 0 saturated heterocycles. The monoisotopic (exact) mass is 478 g/mol. The lowest BCUT2D eigenvalue weighted by Gasteiger charge is -2.41. The zero-order valence-corrected chi connectivity index (χ0v) is 20.5. The van der Waals surface area contributed by atoms with E-state index in [4.69, 9.17) is 17.1 Å². The quantitative estimate of drug-likeness (QED) is 0.220. The normalized spacial score (nSPS) is 13.1. The summed E-state index contributed by atoms with van der Waals surface area (Å²) >= 11 is 0. The van der Waals surface area contributed by atoms with E-state index < -0.39 is 33.8 Å². The molecule has 0 fully saturated rings. The summed E-state index contributed by atoms with van der Waals surface area (Å²) in [5.74, 6) is 0. The van der Waals surface area contributed by atoms with Crippen molar-refractivity contribution in [2.45, 2.75) is 123 Å². The fourth-order valence-electron chi connectivity index (χ4n) is 2.69. The van der Waals surface area contributed by atoms with Gasteiger partial charge in [0.15, 0.2) is 16.6 Å². The molecule has 0 aromatic heterocycles. The van der Waals surface area contributed by atoms with E-state index in [9.17, 15) is 0 Å². The van der Waals surface area contributed by atoms with Gasteiger partial charge in [-0.2, -0.15) is 0 Å². The van der Waals surface area contributed by atoms with Crippen LogP contribution in [-0.4, -0.2) is 47.0 Å². The van der Waals surface area contributed by atoms with E-state index in [2.05, 4.69) is 58.9 Å². The molecule has 1 atom stereocenters. The van der Waals surface area contributed by atoms with Gasteiger partial charge in [0.05, 0.1) is 0 Å². The largest absolute Gasteiger partial charge is 0.437 e. The van der Waals surface area contributed by atoms with Gasteiger partial charge in [0.1, 0.15) is 0 Å². The molecule has 0 heterocycles. The summed E-state index contributed by atoms with van der Waals surface area (Å²) in [6, 6.07) is 0.975. The van der Waals surface area contributed by atoms with E-state index in [1.807, 2.05) is 6.92 Å². The molecule has 0 aliphatic carbocycles. The Morgan fingerprint density at radius 1 is 0.571 bits per heavy atom. The summed E-state index contributed by atoms with van der Waals surface area (Å²) in [7, 11) is -7.64. The summed E-state index contributed by atoms with van der Waals surface area (Å²) in [6.07, 6.45) is 0.998. The zero-order valence-electron chi connectivity index (χ0n) is 16.5. The number of rotatable bonds is 11. The van der Waals surface area contributed by atoms with Gasteiger partial charge in [-0.1, -0.05) is 44.6 Å². The maximum atomic E-state index is 6.60. The standard InChI is InChI=1S/C14H38O4Si4.6CH4/c1-11-15-13-12-14-22(10,17-20(5,6)7)18-21(8,9)16-19(2,3)4;;;;;;/h11-14H2,1-10H3;6*1H4. The zero-order chi connectivity index (χ0) is 17.7. The summed E-state index contributed by atoms with van der Waals surface area (Å²) in [4.78, 5) is 0. The summed E-state index contributed by atoms with van der Waals surface area (Å²) in [5, 5.41) is 0. The Hall–Kier alpha value is 0.708. The molecule has 0 aromatic rings. The molecule has 0 aliphatic heterocycles. The van der Waals surface area contributed by atoms with Gasteiger partial charge in [0.2, 0.25) is 0 Å². The van der Waals surface area contributed by atoms with Crippen molar-refractivity contribution in [2.24, 2.45) is 0 Å². The van der Waals surface area contributed by atoms with Crippen LogP contribution >= 0.6 is 0 Å². The Bertz CT molecular complexity index is 329. The van der Waals surface area contributed by atoms with Gasteiger partial charge >= 0.3 is 17.1 Å². The van der Waals surface area contributed by atoms with Crippen LogP contribution in [0.3, 0.4) is 0 Å². The third-order valence-electron chi connectivity index (χ3n) is 2.66. The van der Waals surface area contributed by atoms with E-state index in [0.717, 1.165) is 25.7 Å². The van der Waals surface area contributed by atoms with Crippen molar-refractivity contribution in [2.75, 3.05) is 13.2 Å². The molecule has 0 spiro atoms. The van der Waals surface area contributed by atoms with Crippen molar-refractivity contribution < 1.29 is 17.1 Å². The summed E-state index contributed by atoms with van der Waals surface area (Å²) in [6.45, 7) is 23.5. The molecule has 0 rings (SSSR count).